The van der Waals surface area contributed by atoms with Crippen LogP contribution < -0.4 is 15.0 Å². The molecule has 3 aromatic carbocycles. The summed E-state index contributed by atoms with van der Waals surface area (Å²) in [6, 6.07) is 15.7. The lowest BCUT2D eigenvalue weighted by atomic mass is 10.0. The highest BCUT2D eigenvalue weighted by Crippen LogP contribution is 2.31. The maximum absolute atomic E-state index is 14.0. The number of ether oxygens (including phenoxy) is 1. The van der Waals surface area contributed by atoms with Crippen molar-refractivity contribution in [1.29, 1.82) is 0 Å². The van der Waals surface area contributed by atoms with Gasteiger partial charge < -0.3 is 19.9 Å². The standard InChI is InChI=1S/C29H28ClF2N3O3/c30-25-10-9-24(17-26(25)32)38-27-16-19(3-4-20(27)18-35-13-1-2-28(35)36)29(37)33-22-11-14-34(15-12-22)23-7-5-21(31)6-8-23/h3-10,16-17,22H,1-2,11-15,18H2,(H,33,37). The first-order valence-corrected chi connectivity index (χ1v) is 13.1. The Bertz CT molecular complexity index is 1330. The van der Waals surface area contributed by atoms with Gasteiger partial charge in [-0.1, -0.05) is 17.7 Å². The average molecular weight is 540 g/mol. The number of carbonyl (C=O) groups excluding carboxylic acids is 2. The lowest BCUT2D eigenvalue weighted by Crippen LogP contribution is -2.44. The van der Waals surface area contributed by atoms with Crippen molar-refractivity contribution in [3.05, 3.63) is 88.4 Å². The lowest BCUT2D eigenvalue weighted by Gasteiger charge is -2.34. The maximum atomic E-state index is 14.0. The summed E-state index contributed by atoms with van der Waals surface area (Å²) in [7, 11) is 0. The molecule has 0 radical (unpaired) electrons. The molecule has 3 aromatic rings. The van der Waals surface area contributed by atoms with Gasteiger partial charge in [0.05, 0.1) is 5.02 Å². The number of carbonyl (C=O) groups is 2. The molecule has 9 heteroatoms. The summed E-state index contributed by atoms with van der Waals surface area (Å²) in [4.78, 5) is 29.3. The molecule has 2 aliphatic heterocycles. The van der Waals surface area contributed by atoms with Gasteiger partial charge in [0.15, 0.2) is 0 Å². The van der Waals surface area contributed by atoms with Crippen LogP contribution in [0.15, 0.2) is 60.7 Å². The van der Waals surface area contributed by atoms with Gasteiger partial charge in [0.25, 0.3) is 5.91 Å². The van der Waals surface area contributed by atoms with Crippen molar-refractivity contribution < 1.29 is 23.1 Å². The van der Waals surface area contributed by atoms with E-state index in [1.54, 1.807) is 41.3 Å². The first-order chi connectivity index (χ1) is 18.4. The minimum absolute atomic E-state index is 0.00387. The van der Waals surface area contributed by atoms with Gasteiger partial charge in [-0.15, -0.1) is 0 Å². The molecule has 2 heterocycles. The van der Waals surface area contributed by atoms with Crippen LogP contribution in [0.25, 0.3) is 0 Å². The molecule has 6 nitrogen and oxygen atoms in total. The third kappa shape index (κ3) is 6.07. The number of hydrogen-bond acceptors (Lipinski definition) is 4. The fraction of sp³-hybridized carbons (Fsp3) is 0.310. The molecule has 0 spiro atoms. The van der Waals surface area contributed by atoms with E-state index in [4.69, 9.17) is 16.3 Å². The Balaban J connectivity index is 1.29. The van der Waals surface area contributed by atoms with Crippen molar-refractivity contribution in [3.63, 3.8) is 0 Å². The Kier molecular flexibility index (Phi) is 7.79. The topological polar surface area (TPSA) is 61.9 Å². The Morgan fingerprint density at radius 2 is 1.76 bits per heavy atom. The second-order valence-corrected chi connectivity index (χ2v) is 10.0. The first kappa shape index (κ1) is 26.0. The predicted molar refractivity (Wildman–Crippen MR) is 142 cm³/mol. The molecule has 1 N–H and O–H groups in total. The molecular formula is C29H28ClF2N3O3. The van der Waals surface area contributed by atoms with E-state index in [1.807, 2.05) is 0 Å². The number of benzene rings is 3. The molecular weight excluding hydrogens is 512 g/mol. The summed E-state index contributed by atoms with van der Waals surface area (Å²) in [5, 5.41) is 3.09. The molecule has 198 valence electrons. The maximum Gasteiger partial charge on any atom is 0.251 e. The van der Waals surface area contributed by atoms with Crippen LogP contribution in [-0.4, -0.2) is 42.4 Å². The van der Waals surface area contributed by atoms with Crippen molar-refractivity contribution in [2.45, 2.75) is 38.3 Å². The number of likely N-dealkylation sites (tertiary alicyclic amines) is 1. The summed E-state index contributed by atoms with van der Waals surface area (Å²) < 4.78 is 33.3. The predicted octanol–water partition coefficient (Wildman–Crippen LogP) is 5.93. The highest BCUT2D eigenvalue weighted by Gasteiger charge is 2.24. The minimum Gasteiger partial charge on any atom is -0.457 e. The number of amides is 2. The van der Waals surface area contributed by atoms with Crippen LogP contribution in [0.3, 0.4) is 0 Å². The SMILES string of the molecule is O=C(NC1CCN(c2ccc(F)cc2)CC1)c1ccc(CN2CCCC2=O)c(Oc2ccc(Cl)c(F)c2)c1. The fourth-order valence-electron chi connectivity index (χ4n) is 4.87. The smallest absolute Gasteiger partial charge is 0.251 e. The second kappa shape index (κ2) is 11.4. The third-order valence-corrected chi connectivity index (χ3v) is 7.31. The van der Waals surface area contributed by atoms with Crippen molar-refractivity contribution in [3.8, 4) is 11.5 Å². The molecule has 38 heavy (non-hydrogen) atoms. The molecule has 0 aliphatic carbocycles. The number of nitrogens with zero attached hydrogens (tertiary/aromatic N) is 2. The number of nitrogens with one attached hydrogen (secondary N) is 1. The molecule has 0 bridgehead atoms. The highest BCUT2D eigenvalue weighted by atomic mass is 35.5. The monoisotopic (exact) mass is 539 g/mol. The molecule has 2 aliphatic rings. The van der Waals surface area contributed by atoms with Gasteiger partial charge in [-0.25, -0.2) is 8.78 Å². The van der Waals surface area contributed by atoms with Crippen molar-refractivity contribution in [2.75, 3.05) is 24.5 Å². The van der Waals surface area contributed by atoms with E-state index in [1.165, 1.54) is 24.3 Å². The van der Waals surface area contributed by atoms with Crippen molar-refractivity contribution in [1.82, 2.24) is 10.2 Å². The fourth-order valence-corrected chi connectivity index (χ4v) is 4.99. The van der Waals surface area contributed by atoms with Gasteiger partial charge in [-0.05, 0) is 67.8 Å². The van der Waals surface area contributed by atoms with Crippen LogP contribution in [0, 0.1) is 11.6 Å². The van der Waals surface area contributed by atoms with E-state index >= 15 is 0 Å². The zero-order valence-corrected chi connectivity index (χ0v) is 21.5. The zero-order valence-electron chi connectivity index (χ0n) is 20.8. The van der Waals surface area contributed by atoms with Crippen LogP contribution in [-0.2, 0) is 11.3 Å². The normalized spacial score (nSPS) is 16.1. The first-order valence-electron chi connectivity index (χ1n) is 12.7. The van der Waals surface area contributed by atoms with E-state index < -0.39 is 5.82 Å². The average Bonchev–Trinajstić information content (AvgIpc) is 3.32. The molecule has 2 fully saturated rings. The summed E-state index contributed by atoms with van der Waals surface area (Å²) in [5.74, 6) is -0.417. The summed E-state index contributed by atoms with van der Waals surface area (Å²) in [5.41, 5.74) is 2.09. The summed E-state index contributed by atoms with van der Waals surface area (Å²) in [6.45, 7) is 2.49. The Morgan fingerprint density at radius 3 is 2.45 bits per heavy atom. The highest BCUT2D eigenvalue weighted by molar-refractivity contribution is 6.30. The minimum atomic E-state index is -0.610. The number of anilines is 1. The largest absolute Gasteiger partial charge is 0.457 e. The van der Waals surface area contributed by atoms with Gasteiger partial charge in [0.2, 0.25) is 5.91 Å². The van der Waals surface area contributed by atoms with Crippen molar-refractivity contribution in [2.24, 2.45) is 0 Å². The van der Waals surface area contributed by atoms with Crippen LogP contribution in [0.5, 0.6) is 11.5 Å². The number of hydrogen-bond donors (Lipinski definition) is 1. The Labute approximate surface area is 225 Å². The van der Waals surface area contributed by atoms with Gasteiger partial charge in [0, 0.05) is 61.5 Å². The number of rotatable bonds is 7. The molecule has 0 atom stereocenters. The molecule has 0 saturated carbocycles. The summed E-state index contributed by atoms with van der Waals surface area (Å²) in [6.07, 6.45) is 2.83. The van der Waals surface area contributed by atoms with Gasteiger partial charge in [0.1, 0.15) is 23.1 Å². The van der Waals surface area contributed by atoms with E-state index in [-0.39, 0.29) is 34.4 Å². The van der Waals surface area contributed by atoms with E-state index in [0.29, 0.717) is 30.8 Å². The molecule has 0 aromatic heterocycles. The van der Waals surface area contributed by atoms with Crippen LogP contribution >= 0.6 is 11.6 Å². The Morgan fingerprint density at radius 1 is 1.00 bits per heavy atom. The quantitative estimate of drug-likeness (QED) is 0.404. The number of piperidine rings is 1. The van der Waals surface area contributed by atoms with Crippen LogP contribution in [0.2, 0.25) is 5.02 Å². The lowest BCUT2D eigenvalue weighted by molar-refractivity contribution is -0.128. The van der Waals surface area contributed by atoms with Crippen LogP contribution in [0.4, 0.5) is 14.5 Å². The van der Waals surface area contributed by atoms with Gasteiger partial charge >= 0.3 is 0 Å². The summed E-state index contributed by atoms with van der Waals surface area (Å²) >= 11 is 5.81. The third-order valence-electron chi connectivity index (χ3n) is 7.00. The Hall–Kier alpha value is -3.65. The number of halogens is 3. The molecule has 2 saturated heterocycles. The zero-order chi connectivity index (χ0) is 26.6. The van der Waals surface area contributed by atoms with Crippen molar-refractivity contribution >= 4 is 29.1 Å². The molecule has 5 rings (SSSR count). The van der Waals surface area contributed by atoms with E-state index in [0.717, 1.165) is 43.6 Å². The second-order valence-electron chi connectivity index (χ2n) is 9.63. The van der Waals surface area contributed by atoms with E-state index in [2.05, 4.69) is 10.2 Å². The van der Waals surface area contributed by atoms with Gasteiger partial charge in [-0.2, -0.15) is 0 Å². The van der Waals surface area contributed by atoms with E-state index in [9.17, 15) is 18.4 Å². The molecule has 0 unspecified atom stereocenters. The van der Waals surface area contributed by atoms with Crippen LogP contribution in [0.1, 0.15) is 41.6 Å². The molecule has 2 amide bonds. The van der Waals surface area contributed by atoms with Gasteiger partial charge in [-0.3, -0.25) is 9.59 Å².